The molecule has 0 atom stereocenters. The third-order valence-corrected chi connectivity index (χ3v) is 3.55. The maximum absolute atomic E-state index is 13.7. The molecule has 2 aromatic rings. The lowest BCUT2D eigenvalue weighted by atomic mass is 10.2. The topological polar surface area (TPSA) is 52.4 Å². The van der Waals surface area contributed by atoms with Crippen LogP contribution in [-0.4, -0.2) is 4.92 Å². The maximum Gasteiger partial charge on any atom is 0.288 e. The normalized spacial score (nSPS) is 10.5. The lowest BCUT2D eigenvalue weighted by Gasteiger charge is -2.09. The molecule has 0 saturated heterocycles. The highest BCUT2D eigenvalue weighted by molar-refractivity contribution is 9.10. The quantitative estimate of drug-likeness (QED) is 0.433. The minimum Gasteiger partial charge on any atom is -0.489 e. The van der Waals surface area contributed by atoms with Crippen LogP contribution in [0.5, 0.6) is 5.75 Å². The van der Waals surface area contributed by atoms with E-state index in [1.54, 1.807) is 0 Å². The maximum atomic E-state index is 13.7. The van der Waals surface area contributed by atoms with Gasteiger partial charge in [-0.05, 0) is 34.1 Å². The van der Waals surface area contributed by atoms with Gasteiger partial charge in [0.25, 0.3) is 5.69 Å². The van der Waals surface area contributed by atoms with Crippen molar-refractivity contribution in [1.29, 1.82) is 0 Å². The van der Waals surface area contributed by atoms with Gasteiger partial charge in [0, 0.05) is 12.1 Å². The van der Waals surface area contributed by atoms with Crippen LogP contribution in [0.3, 0.4) is 0 Å². The molecule has 0 aliphatic heterocycles. The minimum absolute atomic E-state index is 0.115. The largest absolute Gasteiger partial charge is 0.489 e. The lowest BCUT2D eigenvalue weighted by molar-refractivity contribution is -0.384. The summed E-state index contributed by atoms with van der Waals surface area (Å²) in [6.45, 7) is -0.370. The van der Waals surface area contributed by atoms with Crippen molar-refractivity contribution in [2.24, 2.45) is 0 Å². The van der Waals surface area contributed by atoms with Crippen molar-refractivity contribution < 1.29 is 18.4 Å². The fourth-order valence-corrected chi connectivity index (χ4v) is 2.19. The predicted molar refractivity (Wildman–Crippen MR) is 76.5 cm³/mol. The smallest absolute Gasteiger partial charge is 0.288 e. The Morgan fingerprint density at radius 3 is 2.62 bits per heavy atom. The summed E-state index contributed by atoms with van der Waals surface area (Å²) in [7, 11) is 0. The van der Waals surface area contributed by atoms with Crippen LogP contribution in [0, 0.1) is 21.7 Å². The molecule has 21 heavy (non-hydrogen) atoms. The van der Waals surface area contributed by atoms with E-state index in [4.69, 9.17) is 16.3 Å². The molecule has 0 aliphatic carbocycles. The number of hydrogen-bond acceptors (Lipinski definition) is 3. The van der Waals surface area contributed by atoms with Gasteiger partial charge in [-0.15, -0.1) is 0 Å². The standard InChI is InChI=1S/C13H7BrClF2NO3/c14-9-2-3-11(16)8(13(9)17)6-21-7-1-4-12(18(19)20)10(15)5-7/h1-5H,6H2. The zero-order chi connectivity index (χ0) is 15.6. The van der Waals surface area contributed by atoms with Crippen LogP contribution >= 0.6 is 27.5 Å². The monoisotopic (exact) mass is 377 g/mol. The summed E-state index contributed by atoms with van der Waals surface area (Å²) in [5.41, 5.74) is -0.525. The van der Waals surface area contributed by atoms with Crippen molar-refractivity contribution in [1.82, 2.24) is 0 Å². The van der Waals surface area contributed by atoms with Gasteiger partial charge in [-0.2, -0.15) is 0 Å². The highest BCUT2D eigenvalue weighted by Crippen LogP contribution is 2.29. The third kappa shape index (κ3) is 3.48. The van der Waals surface area contributed by atoms with E-state index >= 15 is 0 Å². The number of benzene rings is 2. The molecule has 0 amide bonds. The molecule has 0 N–H and O–H groups in total. The molecule has 2 aromatic carbocycles. The summed E-state index contributed by atoms with van der Waals surface area (Å²) in [4.78, 5) is 9.98. The Morgan fingerprint density at radius 2 is 2.00 bits per heavy atom. The predicted octanol–water partition coefficient (Wildman–Crippen LogP) is 4.87. The first-order chi connectivity index (χ1) is 9.90. The Hall–Kier alpha value is -1.73. The van der Waals surface area contributed by atoms with Crippen molar-refractivity contribution >= 4 is 33.2 Å². The molecule has 0 aliphatic rings. The minimum atomic E-state index is -0.761. The molecule has 0 spiro atoms. The van der Waals surface area contributed by atoms with Crippen LogP contribution in [0.4, 0.5) is 14.5 Å². The average molecular weight is 379 g/mol. The molecule has 0 unspecified atom stereocenters. The van der Waals surface area contributed by atoms with E-state index in [-0.39, 0.29) is 33.1 Å². The summed E-state index contributed by atoms with van der Waals surface area (Å²) in [5, 5.41) is 10.5. The Kier molecular flexibility index (Phi) is 4.74. The van der Waals surface area contributed by atoms with Gasteiger partial charge in [0.05, 0.1) is 15.0 Å². The van der Waals surface area contributed by atoms with Crippen LogP contribution in [-0.2, 0) is 6.61 Å². The molecule has 110 valence electrons. The molecule has 0 saturated carbocycles. The van der Waals surface area contributed by atoms with Gasteiger partial charge in [0.15, 0.2) is 0 Å². The van der Waals surface area contributed by atoms with E-state index in [1.807, 2.05) is 0 Å². The van der Waals surface area contributed by atoms with Crippen LogP contribution in [0.2, 0.25) is 5.02 Å². The Labute approximate surface area is 131 Å². The number of rotatable bonds is 4. The van der Waals surface area contributed by atoms with Crippen molar-refractivity contribution in [3.63, 3.8) is 0 Å². The second-order valence-electron chi connectivity index (χ2n) is 3.98. The Morgan fingerprint density at radius 1 is 1.29 bits per heavy atom. The second-order valence-corrected chi connectivity index (χ2v) is 5.24. The van der Waals surface area contributed by atoms with Crippen molar-refractivity contribution in [3.05, 3.63) is 67.1 Å². The fourth-order valence-electron chi connectivity index (χ4n) is 1.58. The van der Waals surface area contributed by atoms with E-state index < -0.39 is 16.6 Å². The van der Waals surface area contributed by atoms with Crippen LogP contribution in [0.15, 0.2) is 34.8 Å². The van der Waals surface area contributed by atoms with E-state index in [0.29, 0.717) is 0 Å². The summed E-state index contributed by atoms with van der Waals surface area (Å²) in [5.74, 6) is -1.34. The summed E-state index contributed by atoms with van der Waals surface area (Å²) < 4.78 is 32.6. The number of hydrogen-bond donors (Lipinski definition) is 0. The van der Waals surface area contributed by atoms with E-state index in [9.17, 15) is 18.9 Å². The first kappa shape index (κ1) is 15.7. The summed E-state index contributed by atoms with van der Waals surface area (Å²) in [6, 6.07) is 6.03. The number of nitrogens with zero attached hydrogens (tertiary/aromatic N) is 1. The van der Waals surface area contributed by atoms with Gasteiger partial charge in [-0.3, -0.25) is 10.1 Å². The number of nitro groups is 1. The van der Waals surface area contributed by atoms with E-state index in [0.717, 1.165) is 12.1 Å². The summed E-state index contributed by atoms with van der Waals surface area (Å²) >= 11 is 8.67. The van der Waals surface area contributed by atoms with Crippen LogP contribution in [0.25, 0.3) is 0 Å². The van der Waals surface area contributed by atoms with E-state index in [1.165, 1.54) is 18.2 Å². The Balaban J connectivity index is 2.19. The van der Waals surface area contributed by atoms with Gasteiger partial charge in [0.1, 0.15) is 29.0 Å². The molecule has 2 rings (SSSR count). The molecule has 4 nitrogen and oxygen atoms in total. The first-order valence-electron chi connectivity index (χ1n) is 5.59. The molecular formula is C13H7BrClF2NO3. The van der Waals surface area contributed by atoms with Gasteiger partial charge in [-0.1, -0.05) is 11.6 Å². The van der Waals surface area contributed by atoms with Gasteiger partial charge >= 0.3 is 0 Å². The molecular weight excluding hydrogens is 372 g/mol. The average Bonchev–Trinajstić information content (AvgIpc) is 2.43. The molecule has 0 aromatic heterocycles. The van der Waals surface area contributed by atoms with Crippen LogP contribution in [0.1, 0.15) is 5.56 Å². The number of ether oxygens (including phenoxy) is 1. The molecule has 0 fully saturated rings. The van der Waals surface area contributed by atoms with E-state index in [2.05, 4.69) is 15.9 Å². The fraction of sp³-hybridized carbons (Fsp3) is 0.0769. The van der Waals surface area contributed by atoms with Gasteiger partial charge in [0.2, 0.25) is 0 Å². The molecule has 0 heterocycles. The third-order valence-electron chi connectivity index (χ3n) is 2.64. The SMILES string of the molecule is O=[N+]([O-])c1ccc(OCc2c(F)ccc(Br)c2F)cc1Cl. The van der Waals surface area contributed by atoms with Gasteiger partial charge < -0.3 is 4.74 Å². The summed E-state index contributed by atoms with van der Waals surface area (Å²) in [6.07, 6.45) is 0. The highest BCUT2D eigenvalue weighted by Gasteiger charge is 2.15. The molecule has 0 bridgehead atoms. The molecule has 0 radical (unpaired) electrons. The molecule has 8 heteroatoms. The van der Waals surface area contributed by atoms with Crippen molar-refractivity contribution in [2.45, 2.75) is 6.61 Å². The highest BCUT2D eigenvalue weighted by atomic mass is 79.9. The second kappa shape index (κ2) is 6.36. The zero-order valence-corrected chi connectivity index (χ0v) is 12.6. The van der Waals surface area contributed by atoms with Crippen molar-refractivity contribution in [3.8, 4) is 5.75 Å². The lowest BCUT2D eigenvalue weighted by Crippen LogP contribution is -2.03. The van der Waals surface area contributed by atoms with Crippen LogP contribution < -0.4 is 4.74 Å². The number of nitro benzene ring substituents is 1. The zero-order valence-electron chi connectivity index (χ0n) is 10.3. The Bertz CT molecular complexity index is 712. The first-order valence-corrected chi connectivity index (χ1v) is 6.76. The number of halogens is 4. The van der Waals surface area contributed by atoms with Crippen molar-refractivity contribution in [2.75, 3.05) is 0 Å². The van der Waals surface area contributed by atoms with Gasteiger partial charge in [-0.25, -0.2) is 8.78 Å².